The van der Waals surface area contributed by atoms with Crippen LogP contribution in [0.2, 0.25) is 0 Å². The number of aryl methyl sites for hydroxylation is 1. The molecule has 1 aromatic rings. The molecule has 0 aromatic carbocycles. The molecule has 5 N–H and O–H groups in total. The number of likely N-dealkylation sites (tertiary alicyclic amines) is 1. The molecular formula is C40H62N6O7. The van der Waals surface area contributed by atoms with Gasteiger partial charge in [0.1, 0.15) is 23.8 Å². The smallest absolute Gasteiger partial charge is 0.289 e. The van der Waals surface area contributed by atoms with E-state index in [-0.39, 0.29) is 53.8 Å². The molecule has 0 spiro atoms. The molecule has 0 bridgehead atoms. The number of amides is 5. The Hall–Kier alpha value is -4.03. The van der Waals surface area contributed by atoms with Crippen LogP contribution in [-0.4, -0.2) is 87.7 Å². The minimum Gasteiger partial charge on any atom is -0.354 e. The second kappa shape index (κ2) is 17.4. The first-order valence-corrected chi connectivity index (χ1v) is 19.6. The van der Waals surface area contributed by atoms with E-state index in [1.807, 2.05) is 41.5 Å². The number of hydrogen-bond donors (Lipinski definition) is 5. The van der Waals surface area contributed by atoms with E-state index in [9.17, 15) is 33.6 Å². The number of carbonyl (C=O) groups is 7. The van der Waals surface area contributed by atoms with Crippen LogP contribution in [0.5, 0.6) is 0 Å². The van der Waals surface area contributed by atoms with E-state index >= 15 is 0 Å². The van der Waals surface area contributed by atoms with Crippen molar-refractivity contribution >= 4 is 41.1 Å². The predicted octanol–water partition coefficient (Wildman–Crippen LogP) is 4.05. The van der Waals surface area contributed by atoms with Crippen molar-refractivity contribution in [2.75, 3.05) is 6.54 Å². The first-order chi connectivity index (χ1) is 24.9. The van der Waals surface area contributed by atoms with E-state index in [1.54, 1.807) is 13.8 Å². The maximum absolute atomic E-state index is 14.7. The zero-order valence-corrected chi connectivity index (χ0v) is 33.2. The van der Waals surface area contributed by atoms with Crippen LogP contribution < -0.4 is 21.3 Å². The molecule has 3 fully saturated rings. The molecule has 5 amide bonds. The molecule has 1 saturated heterocycles. The summed E-state index contributed by atoms with van der Waals surface area (Å²) >= 11 is 0. The van der Waals surface area contributed by atoms with Crippen LogP contribution in [0.3, 0.4) is 0 Å². The van der Waals surface area contributed by atoms with Gasteiger partial charge in [0.15, 0.2) is 5.78 Å². The van der Waals surface area contributed by atoms with E-state index in [2.05, 4.69) is 26.3 Å². The highest BCUT2D eigenvalue weighted by molar-refractivity contribution is 6.38. The molecule has 2 aliphatic carbocycles. The average Bonchev–Trinajstić information content (AvgIpc) is 3.70. The van der Waals surface area contributed by atoms with Gasteiger partial charge < -0.3 is 31.2 Å². The Morgan fingerprint density at radius 1 is 0.887 bits per heavy atom. The zero-order valence-electron chi connectivity index (χ0n) is 33.2. The maximum atomic E-state index is 14.7. The van der Waals surface area contributed by atoms with Crippen molar-refractivity contribution in [3.05, 3.63) is 22.5 Å². The first-order valence-electron chi connectivity index (χ1n) is 19.6. The van der Waals surface area contributed by atoms with Gasteiger partial charge in [-0.05, 0) is 88.0 Å². The standard InChI is InChI=1S/C40H62N6O7/c1-10-14-28(33(48)38(52)42-26-17-18-26)43-37(51)32-27(21(2)3)19-20-46(32)39(53)34(40(7,8)9)45-35(49)30(25-15-12-11-13-16-25)44-36(50)31-29(24(6)47)22(4)23(5)41-31/h21,25-28,30,32,34,41H,10-20H2,1-9H3,(H,42,52)(H,43,51)(H,44,50)(H,45,49)/t27-,28+,30+,32+,34-/m1/s1. The van der Waals surface area contributed by atoms with Gasteiger partial charge in [-0.3, -0.25) is 33.6 Å². The minimum absolute atomic E-state index is 0.00634. The number of rotatable bonds is 15. The van der Waals surface area contributed by atoms with Gasteiger partial charge in [0.05, 0.1) is 11.6 Å². The molecule has 0 radical (unpaired) electrons. The maximum Gasteiger partial charge on any atom is 0.289 e. The molecular weight excluding hydrogens is 676 g/mol. The van der Waals surface area contributed by atoms with Crippen molar-refractivity contribution in [1.29, 1.82) is 0 Å². The van der Waals surface area contributed by atoms with Crippen molar-refractivity contribution in [1.82, 2.24) is 31.2 Å². The van der Waals surface area contributed by atoms with Gasteiger partial charge in [-0.1, -0.05) is 67.2 Å². The Balaban J connectivity index is 1.60. The van der Waals surface area contributed by atoms with E-state index < -0.39 is 64.9 Å². The molecule has 2 heterocycles. The van der Waals surface area contributed by atoms with Crippen LogP contribution >= 0.6 is 0 Å². The third-order valence-corrected chi connectivity index (χ3v) is 11.4. The number of H-pyrrole nitrogens is 1. The third kappa shape index (κ3) is 9.94. The Bertz CT molecular complexity index is 1570. The van der Waals surface area contributed by atoms with Crippen LogP contribution in [0.25, 0.3) is 0 Å². The normalized spacial score (nSPS) is 21.1. The Kier molecular flexibility index (Phi) is 13.7. The number of nitrogens with one attached hydrogen (secondary N) is 5. The second-order valence-corrected chi connectivity index (χ2v) is 17.0. The van der Waals surface area contributed by atoms with Gasteiger partial charge in [0.2, 0.25) is 23.5 Å². The Labute approximate surface area is 314 Å². The molecule has 53 heavy (non-hydrogen) atoms. The molecule has 2 saturated carbocycles. The average molecular weight is 739 g/mol. The summed E-state index contributed by atoms with van der Waals surface area (Å²) in [5.41, 5.74) is 0.973. The molecule has 294 valence electrons. The number of hydrogen-bond acceptors (Lipinski definition) is 7. The minimum atomic E-state index is -1.06. The summed E-state index contributed by atoms with van der Waals surface area (Å²) in [6.07, 6.45) is 7.30. The number of Topliss-reactive ketones (excluding diaryl/α,β-unsaturated/α-hetero) is 2. The molecule has 3 aliphatic rings. The largest absolute Gasteiger partial charge is 0.354 e. The van der Waals surface area contributed by atoms with Crippen LogP contribution in [0.1, 0.15) is 145 Å². The van der Waals surface area contributed by atoms with E-state index in [0.717, 1.165) is 44.9 Å². The van der Waals surface area contributed by atoms with Crippen LogP contribution in [-0.2, 0) is 24.0 Å². The number of carbonyl (C=O) groups excluding carboxylic acids is 7. The molecule has 13 heteroatoms. The summed E-state index contributed by atoms with van der Waals surface area (Å²) in [4.78, 5) is 99.9. The van der Waals surface area contributed by atoms with Crippen molar-refractivity contribution in [2.45, 2.75) is 157 Å². The van der Waals surface area contributed by atoms with Crippen LogP contribution in [0.15, 0.2) is 0 Å². The number of aromatic nitrogens is 1. The Morgan fingerprint density at radius 3 is 2.08 bits per heavy atom. The van der Waals surface area contributed by atoms with Crippen molar-refractivity contribution in [3.8, 4) is 0 Å². The molecule has 13 nitrogen and oxygen atoms in total. The second-order valence-electron chi connectivity index (χ2n) is 17.0. The van der Waals surface area contributed by atoms with Crippen molar-refractivity contribution in [3.63, 3.8) is 0 Å². The monoisotopic (exact) mass is 738 g/mol. The SMILES string of the molecule is CCC[C@H](NC(=O)[C@@H]1[C@@H](C(C)C)CCN1C(=O)[C@@H](NC(=O)[C@@H](NC(=O)c1[nH]c(C)c(C)c1C(C)=O)C1CCCCC1)C(C)(C)C)C(=O)C(=O)NC1CC1. The summed E-state index contributed by atoms with van der Waals surface area (Å²) in [7, 11) is 0. The third-order valence-electron chi connectivity index (χ3n) is 11.4. The first kappa shape index (κ1) is 41.7. The van der Waals surface area contributed by atoms with Crippen molar-refractivity contribution < 1.29 is 33.6 Å². The molecule has 1 aliphatic heterocycles. The van der Waals surface area contributed by atoms with Crippen LogP contribution in [0, 0.1) is 37.0 Å². The van der Waals surface area contributed by atoms with Gasteiger partial charge in [-0.25, -0.2) is 0 Å². The fourth-order valence-electron chi connectivity index (χ4n) is 8.01. The molecule has 4 rings (SSSR count). The fourth-order valence-corrected chi connectivity index (χ4v) is 8.01. The molecule has 1 aromatic heterocycles. The lowest BCUT2D eigenvalue weighted by molar-refractivity contribution is -0.146. The highest BCUT2D eigenvalue weighted by atomic mass is 16.2. The van der Waals surface area contributed by atoms with Gasteiger partial charge in [0, 0.05) is 18.3 Å². The highest BCUT2D eigenvalue weighted by Crippen LogP contribution is 2.34. The quantitative estimate of drug-likeness (QED) is 0.133. The van der Waals surface area contributed by atoms with Crippen molar-refractivity contribution in [2.24, 2.45) is 23.2 Å². The fraction of sp³-hybridized carbons (Fsp3) is 0.725. The predicted molar refractivity (Wildman–Crippen MR) is 201 cm³/mol. The molecule has 5 atom stereocenters. The lowest BCUT2D eigenvalue weighted by atomic mass is 9.81. The Morgan fingerprint density at radius 2 is 1.53 bits per heavy atom. The van der Waals surface area contributed by atoms with Gasteiger partial charge in [-0.2, -0.15) is 0 Å². The summed E-state index contributed by atoms with van der Waals surface area (Å²) < 4.78 is 0. The van der Waals surface area contributed by atoms with Gasteiger partial charge in [0.25, 0.3) is 11.8 Å². The van der Waals surface area contributed by atoms with Gasteiger partial charge in [-0.15, -0.1) is 0 Å². The molecule has 0 unspecified atom stereocenters. The van der Waals surface area contributed by atoms with E-state index in [4.69, 9.17) is 0 Å². The summed E-state index contributed by atoms with van der Waals surface area (Å²) in [6, 6.07) is -3.97. The summed E-state index contributed by atoms with van der Waals surface area (Å²) in [6.45, 7) is 16.6. The lowest BCUT2D eigenvalue weighted by Crippen LogP contribution is -2.62. The lowest BCUT2D eigenvalue weighted by Gasteiger charge is -2.38. The summed E-state index contributed by atoms with van der Waals surface area (Å²) in [5.74, 6) is -4.02. The highest BCUT2D eigenvalue weighted by Gasteiger charge is 2.48. The van der Waals surface area contributed by atoms with Crippen LogP contribution in [0.4, 0.5) is 0 Å². The zero-order chi connectivity index (χ0) is 39.4. The van der Waals surface area contributed by atoms with E-state index in [0.29, 0.717) is 24.1 Å². The van der Waals surface area contributed by atoms with E-state index in [1.165, 1.54) is 11.8 Å². The number of aromatic amines is 1. The number of nitrogens with zero attached hydrogens (tertiary/aromatic N) is 1. The number of ketones is 2. The topological polar surface area (TPSA) is 187 Å². The van der Waals surface area contributed by atoms with Gasteiger partial charge >= 0.3 is 0 Å². The summed E-state index contributed by atoms with van der Waals surface area (Å²) in [5, 5.41) is 11.5.